The topological polar surface area (TPSA) is 32.3 Å². The first-order valence-corrected chi connectivity index (χ1v) is 29.3. The minimum absolute atomic E-state index is 0.942. The SMILES string of the molecule is c1ccc(-c2sc3cc(N(c4ccc5cccnc5c4)c4cc5c6ccccc6c(N(c6ccc7cccnc7c6)c6ccc7c(-c8ccccc8)c(-c8ccccc8)sc7c6)cc5c5ccccc45)ccc3c2-c2ccccc2)cc1. The number of thiophene rings is 2. The summed E-state index contributed by atoms with van der Waals surface area (Å²) in [5.41, 5.74) is 15.6. The molecule has 0 saturated heterocycles. The van der Waals surface area contributed by atoms with Crippen LogP contribution in [0, 0.1) is 0 Å². The van der Waals surface area contributed by atoms with Gasteiger partial charge in [-0.3, -0.25) is 9.97 Å². The zero-order chi connectivity index (χ0) is 54.1. The molecule has 0 unspecified atom stereocenters. The molecule has 82 heavy (non-hydrogen) atoms. The van der Waals surface area contributed by atoms with Crippen molar-refractivity contribution in [2.45, 2.75) is 0 Å². The zero-order valence-corrected chi connectivity index (χ0v) is 46.0. The summed E-state index contributed by atoms with van der Waals surface area (Å²) in [6.07, 6.45) is 3.78. The number of rotatable bonds is 10. The van der Waals surface area contributed by atoms with E-state index in [0.29, 0.717) is 0 Å². The Morgan fingerprint density at radius 3 is 1.02 bits per heavy atom. The van der Waals surface area contributed by atoms with Crippen molar-refractivity contribution in [3.05, 3.63) is 291 Å². The molecule has 6 heteroatoms. The number of hydrogen-bond donors (Lipinski definition) is 0. The van der Waals surface area contributed by atoms with Gasteiger partial charge >= 0.3 is 0 Å². The predicted molar refractivity (Wildman–Crippen MR) is 351 cm³/mol. The van der Waals surface area contributed by atoms with Crippen molar-refractivity contribution in [1.82, 2.24) is 9.97 Å². The summed E-state index contributed by atoms with van der Waals surface area (Å²) in [6.45, 7) is 0. The number of hydrogen-bond acceptors (Lipinski definition) is 6. The lowest BCUT2D eigenvalue weighted by atomic mass is 9.93. The molecule has 0 bridgehead atoms. The van der Waals surface area contributed by atoms with E-state index < -0.39 is 0 Å². The monoisotopic (exact) mass is 1080 g/mol. The van der Waals surface area contributed by atoms with E-state index in [-0.39, 0.29) is 0 Å². The third-order valence-electron chi connectivity index (χ3n) is 16.1. The van der Waals surface area contributed by atoms with Crippen molar-refractivity contribution in [2.24, 2.45) is 0 Å². The van der Waals surface area contributed by atoms with Gasteiger partial charge in [-0.1, -0.05) is 206 Å². The van der Waals surface area contributed by atoms with Gasteiger partial charge in [0.05, 0.1) is 22.4 Å². The lowest BCUT2D eigenvalue weighted by Crippen LogP contribution is -2.12. The molecule has 0 amide bonds. The minimum Gasteiger partial charge on any atom is -0.310 e. The Hall–Kier alpha value is -10.2. The van der Waals surface area contributed by atoms with Crippen LogP contribution >= 0.6 is 22.7 Å². The van der Waals surface area contributed by atoms with Crippen molar-refractivity contribution in [1.29, 1.82) is 0 Å². The van der Waals surface area contributed by atoms with Crippen LogP contribution < -0.4 is 9.80 Å². The molecule has 16 aromatic rings. The molecule has 0 radical (unpaired) electrons. The van der Waals surface area contributed by atoms with Gasteiger partial charge in [0, 0.05) is 97.7 Å². The molecule has 4 nitrogen and oxygen atoms in total. The van der Waals surface area contributed by atoms with E-state index in [9.17, 15) is 0 Å². The third kappa shape index (κ3) is 8.10. The van der Waals surface area contributed by atoms with Crippen LogP contribution in [-0.2, 0) is 0 Å². The number of nitrogens with zero attached hydrogens (tertiary/aromatic N) is 4. The Morgan fingerprint density at radius 2 is 0.610 bits per heavy atom. The molecular formula is C76H48N4S2. The van der Waals surface area contributed by atoms with Crippen LogP contribution in [0.25, 0.3) is 117 Å². The minimum atomic E-state index is 0.942. The first kappa shape index (κ1) is 47.7. The molecule has 0 N–H and O–H groups in total. The molecule has 0 saturated carbocycles. The fourth-order valence-electron chi connectivity index (χ4n) is 12.3. The van der Waals surface area contributed by atoms with Gasteiger partial charge in [0.25, 0.3) is 0 Å². The molecule has 0 atom stereocenters. The third-order valence-corrected chi connectivity index (χ3v) is 18.5. The molecule has 4 aromatic heterocycles. The molecule has 16 rings (SSSR count). The maximum Gasteiger partial charge on any atom is 0.0722 e. The van der Waals surface area contributed by atoms with Crippen LogP contribution in [0.5, 0.6) is 0 Å². The van der Waals surface area contributed by atoms with Crippen molar-refractivity contribution >= 4 is 131 Å². The van der Waals surface area contributed by atoms with Gasteiger partial charge in [-0.25, -0.2) is 0 Å². The van der Waals surface area contributed by atoms with Gasteiger partial charge in [-0.05, 0) is 117 Å². The second kappa shape index (κ2) is 19.8. The quantitative estimate of drug-likeness (QED) is 0.128. The van der Waals surface area contributed by atoms with Crippen LogP contribution in [0.3, 0.4) is 0 Å². The van der Waals surface area contributed by atoms with Crippen LogP contribution in [0.15, 0.2) is 291 Å². The summed E-state index contributed by atoms with van der Waals surface area (Å²) in [4.78, 5) is 17.3. The van der Waals surface area contributed by atoms with Gasteiger partial charge in [0.15, 0.2) is 0 Å². The van der Waals surface area contributed by atoms with E-state index in [1.807, 2.05) is 47.2 Å². The summed E-state index contributed by atoms with van der Waals surface area (Å²) in [5, 5.41) is 11.6. The van der Waals surface area contributed by atoms with Gasteiger partial charge in [0.1, 0.15) is 0 Å². The van der Waals surface area contributed by atoms with Crippen LogP contribution in [0.2, 0.25) is 0 Å². The zero-order valence-electron chi connectivity index (χ0n) is 44.3. The number of fused-ring (bicyclic) bond motifs is 9. The highest BCUT2D eigenvalue weighted by atomic mass is 32.1. The van der Waals surface area contributed by atoms with E-state index in [1.165, 1.54) is 74.1 Å². The van der Waals surface area contributed by atoms with Crippen molar-refractivity contribution in [3.8, 4) is 43.1 Å². The number of anilines is 6. The van der Waals surface area contributed by atoms with E-state index in [2.05, 4.69) is 277 Å². The highest BCUT2D eigenvalue weighted by Gasteiger charge is 2.26. The first-order chi connectivity index (χ1) is 40.7. The molecule has 4 heterocycles. The average Bonchev–Trinajstić information content (AvgIpc) is 3.85. The van der Waals surface area contributed by atoms with E-state index >= 15 is 0 Å². The number of aromatic nitrogens is 2. The van der Waals surface area contributed by atoms with E-state index in [0.717, 1.165) is 77.5 Å². The molecular weight excluding hydrogens is 1030 g/mol. The van der Waals surface area contributed by atoms with Crippen LogP contribution in [0.1, 0.15) is 0 Å². The first-order valence-electron chi connectivity index (χ1n) is 27.7. The molecule has 0 fully saturated rings. The van der Waals surface area contributed by atoms with E-state index in [1.54, 1.807) is 0 Å². The summed E-state index contributed by atoms with van der Waals surface area (Å²) >= 11 is 3.72. The summed E-state index contributed by atoms with van der Waals surface area (Å²) in [7, 11) is 0. The summed E-state index contributed by atoms with van der Waals surface area (Å²) in [6, 6.07) is 102. The second-order valence-electron chi connectivity index (χ2n) is 20.8. The highest BCUT2D eigenvalue weighted by Crippen LogP contribution is 2.52. The smallest absolute Gasteiger partial charge is 0.0722 e. The van der Waals surface area contributed by atoms with Gasteiger partial charge in [0.2, 0.25) is 0 Å². The largest absolute Gasteiger partial charge is 0.310 e. The van der Waals surface area contributed by atoms with Crippen molar-refractivity contribution in [2.75, 3.05) is 9.80 Å². The number of benzene rings is 12. The molecule has 0 aliphatic rings. The van der Waals surface area contributed by atoms with Crippen molar-refractivity contribution in [3.63, 3.8) is 0 Å². The predicted octanol–water partition coefficient (Wildman–Crippen LogP) is 22.3. The Morgan fingerprint density at radius 1 is 0.256 bits per heavy atom. The second-order valence-corrected chi connectivity index (χ2v) is 23.0. The maximum absolute atomic E-state index is 4.91. The highest BCUT2D eigenvalue weighted by molar-refractivity contribution is 7.23. The average molecular weight is 1080 g/mol. The fraction of sp³-hybridized carbons (Fsp3) is 0. The van der Waals surface area contributed by atoms with Gasteiger partial charge in [-0.2, -0.15) is 0 Å². The maximum atomic E-state index is 4.91. The Labute approximate surface area is 482 Å². The summed E-state index contributed by atoms with van der Waals surface area (Å²) < 4.78 is 2.44. The van der Waals surface area contributed by atoms with Crippen molar-refractivity contribution < 1.29 is 0 Å². The Balaban J connectivity index is 0.938. The van der Waals surface area contributed by atoms with Crippen LogP contribution in [-0.4, -0.2) is 9.97 Å². The summed E-state index contributed by atoms with van der Waals surface area (Å²) in [5.74, 6) is 0. The molecule has 0 aliphatic heterocycles. The van der Waals surface area contributed by atoms with E-state index in [4.69, 9.17) is 9.97 Å². The molecule has 0 spiro atoms. The fourth-order valence-corrected chi connectivity index (χ4v) is 14.9. The lowest BCUT2D eigenvalue weighted by molar-refractivity contribution is 1.30. The Bertz CT molecular complexity index is 4790. The Kier molecular flexibility index (Phi) is 11.5. The lowest BCUT2D eigenvalue weighted by Gasteiger charge is -2.30. The van der Waals surface area contributed by atoms with Gasteiger partial charge < -0.3 is 9.80 Å². The molecule has 0 aliphatic carbocycles. The van der Waals surface area contributed by atoms with Gasteiger partial charge in [-0.15, -0.1) is 22.7 Å². The molecule has 384 valence electrons. The van der Waals surface area contributed by atoms with Crippen LogP contribution in [0.4, 0.5) is 34.1 Å². The normalized spacial score (nSPS) is 11.7. The molecule has 12 aromatic carbocycles. The standard InChI is InChI=1S/C76H48N4S2/c1-5-19-51(20-6-1)73-63-39-37-57(45-71(63)81-75(73)53-23-9-3-10-24-53)79(55-35-33-49-27-17-41-77-67(49)43-55)69-47-65-60-30-14-16-32-62(60)70(48-66(65)59-29-13-15-31-61(59)69)80(56-36-34-50-28-18-42-78-68(50)44-56)58-38-40-64-72(46-58)82-76(54-25-11-4-12-26-54)74(64)52-21-7-2-8-22-52/h1-48H. The number of pyridine rings is 2.